The van der Waals surface area contributed by atoms with Crippen LogP contribution in [-0.2, 0) is 16.0 Å². The van der Waals surface area contributed by atoms with Gasteiger partial charge in [-0.1, -0.05) is 42.5 Å². The third kappa shape index (κ3) is 3.58. The average molecular weight is 342 g/mol. The topological polar surface area (TPSA) is 87.0 Å². The van der Waals surface area contributed by atoms with Crippen LogP contribution in [-0.4, -0.2) is 46.2 Å². The van der Waals surface area contributed by atoms with E-state index in [0.717, 1.165) is 16.3 Å². The molecule has 0 spiro atoms. The molecule has 25 heavy (non-hydrogen) atoms. The van der Waals surface area contributed by atoms with E-state index >= 15 is 0 Å². The highest BCUT2D eigenvalue weighted by molar-refractivity contribution is 5.83. The van der Waals surface area contributed by atoms with Gasteiger partial charge in [-0.2, -0.15) is 0 Å². The normalized spacial score (nSPS) is 26.3. The number of fused-ring (bicyclic) bond motifs is 1. The summed E-state index contributed by atoms with van der Waals surface area (Å²) in [6.07, 6.45) is -0.198. The van der Waals surface area contributed by atoms with Crippen molar-refractivity contribution in [3.63, 3.8) is 0 Å². The molecular weight excluding hydrogens is 320 g/mol. The van der Waals surface area contributed by atoms with Crippen LogP contribution in [0, 0.1) is 0 Å². The molecule has 3 rings (SSSR count). The summed E-state index contributed by atoms with van der Waals surface area (Å²) in [5, 5.41) is 32.9. The van der Waals surface area contributed by atoms with E-state index in [-0.39, 0.29) is 6.42 Å². The minimum absolute atomic E-state index is 0.277. The Labute approximate surface area is 146 Å². The van der Waals surface area contributed by atoms with E-state index in [0.29, 0.717) is 18.4 Å². The Bertz CT molecular complexity index is 813. The van der Waals surface area contributed by atoms with Gasteiger partial charge >= 0.3 is 5.97 Å². The highest BCUT2D eigenvalue weighted by Crippen LogP contribution is 2.31. The smallest absolute Gasteiger partial charge is 0.342 e. The number of aliphatic hydroxyl groups excluding tert-OH is 2. The highest BCUT2D eigenvalue weighted by Gasteiger charge is 2.44. The largest absolute Gasteiger partial charge is 0.467 e. The first-order chi connectivity index (χ1) is 11.9. The maximum absolute atomic E-state index is 11.8. The van der Waals surface area contributed by atoms with Gasteiger partial charge in [0, 0.05) is 6.42 Å². The summed E-state index contributed by atoms with van der Waals surface area (Å²) in [6, 6.07) is 14.2. The van der Waals surface area contributed by atoms with Crippen molar-refractivity contribution in [1.29, 1.82) is 0 Å². The lowest BCUT2D eigenvalue weighted by Gasteiger charge is -2.34. The fourth-order valence-corrected chi connectivity index (χ4v) is 3.35. The molecule has 3 unspecified atom stereocenters. The molecule has 3 atom stereocenters. The molecule has 1 aliphatic carbocycles. The lowest BCUT2D eigenvalue weighted by atomic mass is 9.81. The first kappa shape index (κ1) is 17.6. The summed E-state index contributed by atoms with van der Waals surface area (Å²) in [5.74, 6) is -0.832. The van der Waals surface area contributed by atoms with Crippen LogP contribution in [0.15, 0.2) is 54.1 Å². The maximum Gasteiger partial charge on any atom is 0.342 e. The molecule has 0 amide bonds. The fourth-order valence-electron chi connectivity index (χ4n) is 3.35. The quantitative estimate of drug-likeness (QED) is 0.582. The van der Waals surface area contributed by atoms with Crippen molar-refractivity contribution >= 4 is 16.7 Å². The molecule has 2 aromatic rings. The van der Waals surface area contributed by atoms with E-state index in [1.165, 1.54) is 13.2 Å². The van der Waals surface area contributed by atoms with Crippen LogP contribution < -0.4 is 0 Å². The Morgan fingerprint density at radius 1 is 1.16 bits per heavy atom. The van der Waals surface area contributed by atoms with E-state index < -0.39 is 23.8 Å². The molecule has 0 heterocycles. The number of rotatable bonds is 4. The predicted molar refractivity (Wildman–Crippen MR) is 93.9 cm³/mol. The summed E-state index contributed by atoms with van der Waals surface area (Å²) < 4.78 is 4.61. The Morgan fingerprint density at radius 2 is 1.88 bits per heavy atom. The van der Waals surface area contributed by atoms with Gasteiger partial charge in [0.05, 0.1) is 13.2 Å². The van der Waals surface area contributed by atoms with Crippen molar-refractivity contribution in [3.8, 4) is 0 Å². The number of carbonyl (C=O) groups excluding carboxylic acids is 1. The summed E-state index contributed by atoms with van der Waals surface area (Å²) in [6.45, 7) is 0. The average Bonchev–Trinajstić information content (AvgIpc) is 2.62. The highest BCUT2D eigenvalue weighted by atomic mass is 16.5. The first-order valence-electron chi connectivity index (χ1n) is 8.29. The number of carbonyl (C=O) groups is 1. The molecule has 3 N–H and O–H groups in total. The van der Waals surface area contributed by atoms with Gasteiger partial charge in [-0.25, -0.2) is 4.79 Å². The number of hydrogen-bond donors (Lipinski definition) is 3. The van der Waals surface area contributed by atoms with Gasteiger partial charge in [0.25, 0.3) is 0 Å². The minimum Gasteiger partial charge on any atom is -0.467 e. The molecule has 0 fully saturated rings. The van der Waals surface area contributed by atoms with Crippen LogP contribution in [0.3, 0.4) is 0 Å². The molecule has 2 aromatic carbocycles. The molecule has 0 saturated carbocycles. The Kier molecular flexibility index (Phi) is 4.90. The molecule has 0 saturated heterocycles. The third-order valence-electron chi connectivity index (χ3n) is 4.74. The second-order valence-corrected chi connectivity index (χ2v) is 6.53. The molecular formula is C20H22O5. The molecule has 132 valence electrons. The van der Waals surface area contributed by atoms with Crippen molar-refractivity contribution in [3.05, 3.63) is 59.7 Å². The van der Waals surface area contributed by atoms with Crippen LogP contribution in [0.2, 0.25) is 0 Å². The monoisotopic (exact) mass is 342 g/mol. The molecule has 0 radical (unpaired) electrons. The van der Waals surface area contributed by atoms with Crippen LogP contribution in [0.1, 0.15) is 18.4 Å². The van der Waals surface area contributed by atoms with E-state index in [9.17, 15) is 20.1 Å². The number of hydrogen-bond acceptors (Lipinski definition) is 5. The van der Waals surface area contributed by atoms with Gasteiger partial charge in [-0.05, 0) is 40.8 Å². The number of aliphatic hydroxyl groups is 3. The van der Waals surface area contributed by atoms with Gasteiger partial charge in [-0.3, -0.25) is 0 Å². The van der Waals surface area contributed by atoms with Crippen molar-refractivity contribution in [2.75, 3.05) is 7.11 Å². The molecule has 0 aliphatic heterocycles. The second kappa shape index (κ2) is 6.96. The summed E-state index contributed by atoms with van der Waals surface area (Å²) in [4.78, 5) is 11.8. The first-order valence-corrected chi connectivity index (χ1v) is 8.29. The third-order valence-corrected chi connectivity index (χ3v) is 4.74. The van der Waals surface area contributed by atoms with Gasteiger partial charge in [0.1, 0.15) is 6.10 Å². The van der Waals surface area contributed by atoms with Crippen molar-refractivity contribution in [1.82, 2.24) is 0 Å². The standard InChI is InChI=1S/C20H22O5/c1-25-19(23)20(24)11-16(18(22)17(21)12-20)9-7-13-6-8-14-4-2-3-5-15(14)10-13/h2-6,8,10-11,17-18,21-22,24H,7,9,12H2,1H3. The predicted octanol–water partition coefficient (Wildman–Crippen LogP) is 1.73. The number of aryl methyl sites for hydroxylation is 1. The molecule has 5 nitrogen and oxygen atoms in total. The fraction of sp³-hybridized carbons (Fsp3) is 0.350. The molecule has 5 heteroatoms. The van der Waals surface area contributed by atoms with Gasteiger partial charge in [0.2, 0.25) is 0 Å². The molecule has 0 aromatic heterocycles. The second-order valence-electron chi connectivity index (χ2n) is 6.53. The number of benzene rings is 2. The number of ether oxygens (including phenoxy) is 1. The van der Waals surface area contributed by atoms with Gasteiger partial charge < -0.3 is 20.1 Å². The Hall–Kier alpha value is -2.21. The zero-order chi connectivity index (χ0) is 18.0. The number of esters is 1. The van der Waals surface area contributed by atoms with Crippen molar-refractivity contribution in [2.24, 2.45) is 0 Å². The summed E-state index contributed by atoms with van der Waals surface area (Å²) in [7, 11) is 1.18. The van der Waals surface area contributed by atoms with Crippen LogP contribution in [0.4, 0.5) is 0 Å². The molecule has 1 aliphatic rings. The van der Waals surface area contributed by atoms with E-state index in [1.807, 2.05) is 36.4 Å². The minimum atomic E-state index is -1.90. The lowest BCUT2D eigenvalue weighted by molar-refractivity contribution is -0.162. The summed E-state index contributed by atoms with van der Waals surface area (Å²) >= 11 is 0. The Balaban J connectivity index is 1.80. The van der Waals surface area contributed by atoms with Crippen LogP contribution >= 0.6 is 0 Å². The van der Waals surface area contributed by atoms with Crippen molar-refractivity contribution < 1.29 is 24.9 Å². The number of methoxy groups -OCH3 is 1. The van der Waals surface area contributed by atoms with Crippen LogP contribution in [0.25, 0.3) is 10.8 Å². The summed E-state index contributed by atoms with van der Waals surface area (Å²) in [5.41, 5.74) is -0.375. The van der Waals surface area contributed by atoms with Crippen molar-refractivity contribution in [2.45, 2.75) is 37.1 Å². The Morgan fingerprint density at radius 3 is 2.60 bits per heavy atom. The van der Waals surface area contributed by atoms with Gasteiger partial charge in [-0.15, -0.1) is 0 Å². The lowest BCUT2D eigenvalue weighted by Crippen LogP contribution is -2.48. The van der Waals surface area contributed by atoms with Crippen LogP contribution in [0.5, 0.6) is 0 Å². The van der Waals surface area contributed by atoms with E-state index in [4.69, 9.17) is 0 Å². The molecule has 0 bridgehead atoms. The van der Waals surface area contributed by atoms with E-state index in [1.54, 1.807) is 0 Å². The maximum atomic E-state index is 11.8. The van der Waals surface area contributed by atoms with Gasteiger partial charge in [0.15, 0.2) is 5.60 Å². The zero-order valence-corrected chi connectivity index (χ0v) is 14.1. The zero-order valence-electron chi connectivity index (χ0n) is 14.1. The SMILES string of the molecule is COC(=O)C1(O)C=C(CCc2ccc3ccccc3c2)C(O)C(O)C1. The van der Waals surface area contributed by atoms with E-state index in [2.05, 4.69) is 10.8 Å².